The van der Waals surface area contributed by atoms with Crippen LogP contribution in [0.5, 0.6) is 0 Å². The molecule has 0 aromatic heterocycles. The van der Waals surface area contributed by atoms with Crippen molar-refractivity contribution in [3.05, 3.63) is 30.3 Å². The number of aliphatic carboxylic acids is 1. The van der Waals surface area contributed by atoms with Crippen molar-refractivity contribution in [3.8, 4) is 0 Å². The first-order chi connectivity index (χ1) is 9.34. The molecule has 0 spiro atoms. The zero-order chi connectivity index (χ0) is 15.3. The smallest absolute Gasteiger partial charge is 0.326 e. The number of carboxylic acid groups (broad SMARTS) is 1. The Labute approximate surface area is 119 Å². The summed E-state index contributed by atoms with van der Waals surface area (Å²) in [5.41, 5.74) is 6.22. The number of benzene rings is 1. The van der Waals surface area contributed by atoms with Crippen LogP contribution in [0, 0.1) is 5.92 Å². The summed E-state index contributed by atoms with van der Waals surface area (Å²) in [4.78, 5) is 25.1. The van der Waals surface area contributed by atoms with Crippen molar-refractivity contribution in [1.29, 1.82) is 0 Å². The summed E-state index contributed by atoms with van der Waals surface area (Å²) in [7, 11) is 0. The number of hydrogen-bond donors (Lipinski definition) is 2. The summed E-state index contributed by atoms with van der Waals surface area (Å²) < 4.78 is 0. The van der Waals surface area contributed by atoms with Crippen LogP contribution in [-0.4, -0.2) is 29.1 Å². The first-order valence-electron chi connectivity index (χ1n) is 6.71. The Bertz CT molecular complexity index is 457. The fraction of sp³-hybridized carbons (Fsp3) is 0.467. The molecule has 3 N–H and O–H groups in total. The zero-order valence-corrected chi connectivity index (χ0v) is 12.1. The third-order valence-electron chi connectivity index (χ3n) is 2.95. The molecule has 1 rings (SSSR count). The van der Waals surface area contributed by atoms with Gasteiger partial charge in [-0.15, -0.1) is 0 Å². The molecule has 1 aromatic rings. The maximum atomic E-state index is 12.3. The molecule has 0 unspecified atom stereocenters. The van der Waals surface area contributed by atoms with Crippen LogP contribution in [0.1, 0.15) is 27.2 Å². The minimum absolute atomic E-state index is 0.156. The predicted octanol–water partition coefficient (Wildman–Crippen LogP) is 1.87. The van der Waals surface area contributed by atoms with Crippen LogP contribution in [0.2, 0.25) is 0 Å². The van der Waals surface area contributed by atoms with Crippen molar-refractivity contribution < 1.29 is 14.7 Å². The molecule has 0 saturated heterocycles. The molecule has 0 heterocycles. The summed E-state index contributed by atoms with van der Waals surface area (Å²) in [6.45, 7) is 5.41. The van der Waals surface area contributed by atoms with Crippen LogP contribution < -0.4 is 10.6 Å². The lowest BCUT2D eigenvalue weighted by atomic mass is 10.0. The number of hydrogen-bond acceptors (Lipinski definition) is 3. The van der Waals surface area contributed by atoms with Gasteiger partial charge in [0.1, 0.15) is 6.04 Å². The summed E-state index contributed by atoms with van der Waals surface area (Å²) in [6, 6.07) is 7.14. The second-order valence-corrected chi connectivity index (χ2v) is 5.32. The lowest BCUT2D eigenvalue weighted by Gasteiger charge is -2.31. The predicted molar refractivity (Wildman–Crippen MR) is 78.5 cm³/mol. The van der Waals surface area contributed by atoms with E-state index in [4.69, 9.17) is 5.73 Å². The van der Waals surface area contributed by atoms with Gasteiger partial charge in [0.25, 0.3) is 0 Å². The summed E-state index contributed by atoms with van der Waals surface area (Å²) in [6.07, 6.45) is 0.378. The topological polar surface area (TPSA) is 83.6 Å². The fourth-order valence-electron chi connectivity index (χ4n) is 2.03. The minimum Gasteiger partial charge on any atom is -0.480 e. The third kappa shape index (κ3) is 4.06. The fourth-order valence-corrected chi connectivity index (χ4v) is 2.03. The van der Waals surface area contributed by atoms with E-state index in [2.05, 4.69) is 0 Å². The number of carboxylic acids is 1. The molecule has 110 valence electrons. The number of para-hydroxylation sites is 1. The summed E-state index contributed by atoms with van der Waals surface area (Å²) >= 11 is 0. The molecule has 0 fully saturated rings. The van der Waals surface area contributed by atoms with Gasteiger partial charge in [-0.1, -0.05) is 32.0 Å². The highest BCUT2D eigenvalue weighted by Gasteiger charge is 2.32. The number of carbonyl (C=O) groups is 2. The molecule has 0 aliphatic rings. The van der Waals surface area contributed by atoms with E-state index in [0.717, 1.165) is 0 Å². The zero-order valence-electron chi connectivity index (χ0n) is 12.1. The van der Waals surface area contributed by atoms with Crippen LogP contribution in [0.3, 0.4) is 0 Å². The lowest BCUT2D eigenvalue weighted by Crippen LogP contribution is -2.51. The highest BCUT2D eigenvalue weighted by molar-refractivity contribution is 6.01. The molecule has 1 aromatic carbocycles. The average Bonchev–Trinajstić information content (AvgIpc) is 2.38. The molecular weight excluding hydrogens is 256 g/mol. The van der Waals surface area contributed by atoms with Gasteiger partial charge < -0.3 is 10.8 Å². The second-order valence-electron chi connectivity index (χ2n) is 5.32. The SMILES string of the molecule is CC(C)C[C@@H](C(=O)O)N(C(=O)[C@H](C)N)c1ccccc1. The Morgan fingerprint density at radius 1 is 1.20 bits per heavy atom. The largest absolute Gasteiger partial charge is 0.480 e. The second kappa shape index (κ2) is 7.05. The number of carbonyl (C=O) groups excluding carboxylic acids is 1. The highest BCUT2D eigenvalue weighted by atomic mass is 16.4. The van der Waals surface area contributed by atoms with E-state index < -0.39 is 18.1 Å². The molecule has 1 amide bonds. The van der Waals surface area contributed by atoms with E-state index in [1.54, 1.807) is 31.2 Å². The van der Waals surface area contributed by atoms with E-state index in [9.17, 15) is 14.7 Å². The molecule has 0 radical (unpaired) electrons. The quantitative estimate of drug-likeness (QED) is 0.832. The molecule has 0 aliphatic carbocycles. The normalized spacial score (nSPS) is 13.8. The maximum Gasteiger partial charge on any atom is 0.326 e. The van der Waals surface area contributed by atoms with E-state index in [1.165, 1.54) is 4.90 Å². The molecule has 5 nitrogen and oxygen atoms in total. The van der Waals surface area contributed by atoms with Crippen LogP contribution in [0.15, 0.2) is 30.3 Å². The van der Waals surface area contributed by atoms with E-state index >= 15 is 0 Å². The van der Waals surface area contributed by atoms with Gasteiger partial charge in [-0.05, 0) is 31.4 Å². The molecule has 0 saturated carbocycles. The Morgan fingerprint density at radius 3 is 2.15 bits per heavy atom. The van der Waals surface area contributed by atoms with E-state index in [-0.39, 0.29) is 11.8 Å². The van der Waals surface area contributed by atoms with Crippen molar-refractivity contribution in [2.24, 2.45) is 11.7 Å². The summed E-state index contributed by atoms with van der Waals surface area (Å²) in [5.74, 6) is -1.25. The standard InChI is InChI=1S/C15H22N2O3/c1-10(2)9-13(15(19)20)17(14(18)11(3)16)12-7-5-4-6-8-12/h4-8,10-11,13H,9,16H2,1-3H3,(H,19,20)/t11-,13-/m0/s1. The minimum atomic E-state index is -1.02. The highest BCUT2D eigenvalue weighted by Crippen LogP contribution is 2.22. The van der Waals surface area contributed by atoms with Gasteiger partial charge in [0.2, 0.25) is 5.91 Å². The van der Waals surface area contributed by atoms with Gasteiger partial charge in [-0.2, -0.15) is 0 Å². The monoisotopic (exact) mass is 278 g/mol. The van der Waals surface area contributed by atoms with Crippen molar-refractivity contribution >= 4 is 17.6 Å². The number of nitrogens with two attached hydrogens (primary N) is 1. The van der Waals surface area contributed by atoms with Crippen LogP contribution >= 0.6 is 0 Å². The van der Waals surface area contributed by atoms with Gasteiger partial charge in [0, 0.05) is 5.69 Å². The number of anilines is 1. The van der Waals surface area contributed by atoms with Gasteiger partial charge in [-0.25, -0.2) is 4.79 Å². The molecule has 0 aliphatic heterocycles. The third-order valence-corrected chi connectivity index (χ3v) is 2.95. The molecule has 2 atom stereocenters. The van der Waals surface area contributed by atoms with Crippen molar-refractivity contribution in [2.75, 3.05) is 4.90 Å². The number of rotatable bonds is 6. The first-order valence-corrected chi connectivity index (χ1v) is 6.71. The van der Waals surface area contributed by atoms with Gasteiger partial charge >= 0.3 is 5.97 Å². The summed E-state index contributed by atoms with van der Waals surface area (Å²) in [5, 5.41) is 9.45. The molecule has 5 heteroatoms. The maximum absolute atomic E-state index is 12.3. The number of nitrogens with zero attached hydrogens (tertiary/aromatic N) is 1. The van der Waals surface area contributed by atoms with E-state index in [1.807, 2.05) is 19.9 Å². The van der Waals surface area contributed by atoms with E-state index in [0.29, 0.717) is 12.1 Å². The Kier molecular flexibility index (Phi) is 5.70. The number of amides is 1. The molecular formula is C15H22N2O3. The molecule has 20 heavy (non-hydrogen) atoms. The van der Waals surface area contributed by atoms with Crippen LogP contribution in [-0.2, 0) is 9.59 Å². The van der Waals surface area contributed by atoms with Crippen molar-refractivity contribution in [2.45, 2.75) is 39.3 Å². The van der Waals surface area contributed by atoms with Crippen molar-refractivity contribution in [1.82, 2.24) is 0 Å². The van der Waals surface area contributed by atoms with Crippen LogP contribution in [0.4, 0.5) is 5.69 Å². The van der Waals surface area contributed by atoms with Gasteiger partial charge in [0.15, 0.2) is 0 Å². The first kappa shape index (κ1) is 16.2. The van der Waals surface area contributed by atoms with Crippen molar-refractivity contribution in [3.63, 3.8) is 0 Å². The van der Waals surface area contributed by atoms with Gasteiger partial charge in [-0.3, -0.25) is 9.69 Å². The lowest BCUT2D eigenvalue weighted by molar-refractivity contribution is -0.140. The average molecular weight is 278 g/mol. The van der Waals surface area contributed by atoms with Gasteiger partial charge in [0.05, 0.1) is 6.04 Å². The molecule has 0 bridgehead atoms. The Morgan fingerprint density at radius 2 is 1.75 bits per heavy atom. The Hall–Kier alpha value is -1.88. The van der Waals surface area contributed by atoms with Crippen LogP contribution in [0.25, 0.3) is 0 Å². The Balaban J connectivity index is 3.21.